The van der Waals surface area contributed by atoms with Crippen LogP contribution in [0.2, 0.25) is 4.34 Å². The molecule has 3 rings (SSSR count). The van der Waals surface area contributed by atoms with Gasteiger partial charge in [-0.15, -0.1) is 11.3 Å². The standard InChI is InChI=1S/C13H18ClNS/c1-8(9-5-6-9)15-11-3-2-4-12-10(11)7-13(14)16-12/h7-9,11,15H,2-6H2,1H3. The van der Waals surface area contributed by atoms with E-state index in [1.54, 1.807) is 11.3 Å². The summed E-state index contributed by atoms with van der Waals surface area (Å²) in [5, 5.41) is 3.80. The Morgan fingerprint density at radius 2 is 2.25 bits per heavy atom. The summed E-state index contributed by atoms with van der Waals surface area (Å²) < 4.78 is 0.956. The second-order valence-corrected chi connectivity index (χ2v) is 6.93. The molecule has 3 heteroatoms. The summed E-state index contributed by atoms with van der Waals surface area (Å²) >= 11 is 7.89. The van der Waals surface area contributed by atoms with Gasteiger partial charge >= 0.3 is 0 Å². The molecule has 1 nitrogen and oxygen atoms in total. The van der Waals surface area contributed by atoms with Crippen molar-refractivity contribution < 1.29 is 0 Å². The first-order valence-electron chi connectivity index (χ1n) is 6.28. The molecule has 16 heavy (non-hydrogen) atoms. The van der Waals surface area contributed by atoms with Crippen LogP contribution in [0.3, 0.4) is 0 Å². The maximum absolute atomic E-state index is 6.12. The van der Waals surface area contributed by atoms with Crippen LogP contribution in [0.15, 0.2) is 6.07 Å². The molecule has 0 bridgehead atoms. The lowest BCUT2D eigenvalue weighted by Crippen LogP contribution is -2.33. The Morgan fingerprint density at radius 1 is 1.44 bits per heavy atom. The number of thiophene rings is 1. The summed E-state index contributed by atoms with van der Waals surface area (Å²) in [4.78, 5) is 1.51. The first-order valence-corrected chi connectivity index (χ1v) is 7.47. The van der Waals surface area contributed by atoms with Gasteiger partial charge in [0.2, 0.25) is 0 Å². The van der Waals surface area contributed by atoms with Crippen LogP contribution < -0.4 is 5.32 Å². The van der Waals surface area contributed by atoms with E-state index in [0.29, 0.717) is 12.1 Å². The van der Waals surface area contributed by atoms with Crippen LogP contribution in [0.5, 0.6) is 0 Å². The van der Waals surface area contributed by atoms with Crippen molar-refractivity contribution in [3.63, 3.8) is 0 Å². The fourth-order valence-electron chi connectivity index (χ4n) is 2.74. The molecule has 2 unspecified atom stereocenters. The number of rotatable bonds is 3. The predicted octanol–water partition coefficient (Wildman–Crippen LogP) is 4.17. The number of aryl methyl sites for hydroxylation is 1. The molecule has 2 atom stereocenters. The van der Waals surface area contributed by atoms with Crippen LogP contribution in [0, 0.1) is 5.92 Å². The van der Waals surface area contributed by atoms with Crippen molar-refractivity contribution in [1.82, 2.24) is 5.32 Å². The van der Waals surface area contributed by atoms with Gasteiger partial charge in [0.05, 0.1) is 4.34 Å². The quantitative estimate of drug-likeness (QED) is 0.855. The zero-order chi connectivity index (χ0) is 11.1. The Balaban J connectivity index is 1.75. The van der Waals surface area contributed by atoms with Gasteiger partial charge in [-0.2, -0.15) is 0 Å². The van der Waals surface area contributed by atoms with Crippen molar-refractivity contribution in [2.24, 2.45) is 5.92 Å². The molecule has 1 aromatic heterocycles. The van der Waals surface area contributed by atoms with Crippen molar-refractivity contribution in [2.45, 2.75) is 51.1 Å². The van der Waals surface area contributed by atoms with E-state index in [-0.39, 0.29) is 0 Å². The highest BCUT2D eigenvalue weighted by Crippen LogP contribution is 2.40. The summed E-state index contributed by atoms with van der Waals surface area (Å²) in [5.41, 5.74) is 1.48. The highest BCUT2D eigenvalue weighted by molar-refractivity contribution is 7.16. The van der Waals surface area contributed by atoms with Crippen molar-refractivity contribution >= 4 is 22.9 Å². The average molecular weight is 256 g/mol. The normalized spacial score (nSPS) is 26.5. The zero-order valence-electron chi connectivity index (χ0n) is 9.63. The second-order valence-electron chi connectivity index (χ2n) is 5.17. The summed E-state index contributed by atoms with van der Waals surface area (Å²) in [6, 6.07) is 3.41. The minimum absolute atomic E-state index is 0.558. The first kappa shape index (κ1) is 11.1. The van der Waals surface area contributed by atoms with Crippen molar-refractivity contribution in [1.29, 1.82) is 0 Å². The van der Waals surface area contributed by atoms with Crippen LogP contribution in [0.25, 0.3) is 0 Å². The Labute approximate surface area is 106 Å². The summed E-state index contributed by atoms with van der Waals surface area (Å²) in [6.45, 7) is 2.33. The van der Waals surface area contributed by atoms with Crippen LogP contribution >= 0.6 is 22.9 Å². The number of hydrogen-bond donors (Lipinski definition) is 1. The van der Waals surface area contributed by atoms with Gasteiger partial charge in [0, 0.05) is 17.0 Å². The molecule has 1 aromatic rings. The summed E-state index contributed by atoms with van der Waals surface area (Å²) in [6.07, 6.45) is 6.63. The molecule has 1 fully saturated rings. The molecule has 0 saturated heterocycles. The van der Waals surface area contributed by atoms with Gasteiger partial charge in [0.25, 0.3) is 0 Å². The minimum Gasteiger partial charge on any atom is -0.307 e. The van der Waals surface area contributed by atoms with Gasteiger partial charge in [-0.1, -0.05) is 11.6 Å². The summed E-state index contributed by atoms with van der Waals surface area (Å²) in [7, 11) is 0. The van der Waals surface area contributed by atoms with Gasteiger partial charge in [-0.3, -0.25) is 0 Å². The predicted molar refractivity (Wildman–Crippen MR) is 70.3 cm³/mol. The van der Waals surface area contributed by atoms with Crippen LogP contribution in [-0.4, -0.2) is 6.04 Å². The Kier molecular flexibility index (Phi) is 2.99. The van der Waals surface area contributed by atoms with Gasteiger partial charge in [0.15, 0.2) is 0 Å². The molecule has 2 aliphatic rings. The van der Waals surface area contributed by atoms with E-state index >= 15 is 0 Å². The molecule has 0 radical (unpaired) electrons. The van der Waals surface area contributed by atoms with E-state index in [4.69, 9.17) is 11.6 Å². The molecular formula is C13H18ClNS. The van der Waals surface area contributed by atoms with Gasteiger partial charge in [-0.25, -0.2) is 0 Å². The SMILES string of the molecule is CC(NC1CCCc2sc(Cl)cc21)C1CC1. The maximum atomic E-state index is 6.12. The molecule has 1 heterocycles. The third-order valence-corrected chi connectivity index (χ3v) is 5.22. The van der Waals surface area contributed by atoms with E-state index in [1.165, 1.54) is 42.5 Å². The summed E-state index contributed by atoms with van der Waals surface area (Å²) in [5.74, 6) is 0.930. The lowest BCUT2D eigenvalue weighted by Gasteiger charge is -2.27. The van der Waals surface area contributed by atoms with Crippen molar-refractivity contribution in [3.05, 3.63) is 20.8 Å². The zero-order valence-corrected chi connectivity index (χ0v) is 11.2. The minimum atomic E-state index is 0.558. The maximum Gasteiger partial charge on any atom is 0.0934 e. The molecule has 0 aromatic carbocycles. The van der Waals surface area contributed by atoms with Crippen molar-refractivity contribution in [3.8, 4) is 0 Å². The number of nitrogens with one attached hydrogen (secondary N) is 1. The van der Waals surface area contributed by atoms with Crippen LogP contribution in [-0.2, 0) is 6.42 Å². The smallest absolute Gasteiger partial charge is 0.0934 e. The average Bonchev–Trinajstić information content (AvgIpc) is 3.01. The molecule has 0 aliphatic heterocycles. The molecule has 88 valence electrons. The van der Waals surface area contributed by atoms with Crippen LogP contribution in [0.4, 0.5) is 0 Å². The van der Waals surface area contributed by atoms with Gasteiger partial charge in [0.1, 0.15) is 0 Å². The fourth-order valence-corrected chi connectivity index (χ4v) is 4.13. The number of halogens is 1. The lowest BCUT2D eigenvalue weighted by molar-refractivity contribution is 0.387. The lowest BCUT2D eigenvalue weighted by atomic mass is 9.93. The number of fused-ring (bicyclic) bond motifs is 1. The molecular weight excluding hydrogens is 238 g/mol. The molecule has 0 amide bonds. The Morgan fingerprint density at radius 3 is 3.00 bits per heavy atom. The van der Waals surface area contributed by atoms with E-state index in [0.717, 1.165) is 10.3 Å². The molecule has 2 aliphatic carbocycles. The van der Waals surface area contributed by atoms with E-state index in [2.05, 4.69) is 18.3 Å². The Bertz CT molecular complexity index is 383. The third kappa shape index (κ3) is 2.15. The van der Waals surface area contributed by atoms with Gasteiger partial charge in [-0.05, 0) is 56.6 Å². The topological polar surface area (TPSA) is 12.0 Å². The molecule has 1 saturated carbocycles. The van der Waals surface area contributed by atoms with Crippen LogP contribution in [0.1, 0.15) is 49.1 Å². The van der Waals surface area contributed by atoms with E-state index < -0.39 is 0 Å². The highest BCUT2D eigenvalue weighted by atomic mass is 35.5. The monoisotopic (exact) mass is 255 g/mol. The second kappa shape index (κ2) is 4.32. The van der Waals surface area contributed by atoms with E-state index in [1.807, 2.05) is 0 Å². The van der Waals surface area contributed by atoms with Crippen molar-refractivity contribution in [2.75, 3.05) is 0 Å². The third-order valence-electron chi connectivity index (χ3n) is 3.88. The highest BCUT2D eigenvalue weighted by Gasteiger charge is 2.31. The fraction of sp³-hybridized carbons (Fsp3) is 0.692. The molecule has 0 spiro atoms. The first-order chi connectivity index (χ1) is 7.74. The number of hydrogen-bond acceptors (Lipinski definition) is 2. The van der Waals surface area contributed by atoms with Gasteiger partial charge < -0.3 is 5.32 Å². The Hall–Kier alpha value is -0.0500. The largest absolute Gasteiger partial charge is 0.307 e. The van der Waals surface area contributed by atoms with E-state index in [9.17, 15) is 0 Å². The molecule has 1 N–H and O–H groups in total.